The van der Waals surface area contributed by atoms with Gasteiger partial charge in [0, 0.05) is 18.8 Å². The second kappa shape index (κ2) is 7.59. The molecule has 0 saturated heterocycles. The molecule has 152 valence electrons. The molecule has 7 heteroatoms. The summed E-state index contributed by atoms with van der Waals surface area (Å²) in [5.41, 5.74) is 2.85. The van der Waals surface area contributed by atoms with E-state index in [0.717, 1.165) is 42.5 Å². The molecule has 1 atom stereocenters. The van der Waals surface area contributed by atoms with Gasteiger partial charge >= 0.3 is 0 Å². The number of fused-ring (bicyclic) bond motifs is 1. The molecule has 30 heavy (non-hydrogen) atoms. The molecule has 0 saturated carbocycles. The third kappa shape index (κ3) is 3.18. The van der Waals surface area contributed by atoms with Crippen molar-refractivity contribution >= 4 is 23.2 Å². The van der Waals surface area contributed by atoms with Gasteiger partial charge in [0.05, 0.1) is 25.5 Å². The fourth-order valence-electron chi connectivity index (χ4n) is 3.98. The van der Waals surface area contributed by atoms with Crippen LogP contribution in [0.15, 0.2) is 76.3 Å². The summed E-state index contributed by atoms with van der Waals surface area (Å²) in [5, 5.41) is 12.3. The maximum absolute atomic E-state index is 8.88. The smallest absolute Gasteiger partial charge is 0.205 e. The first-order valence-electron chi connectivity index (χ1n) is 9.94. The lowest BCUT2D eigenvalue weighted by Crippen LogP contribution is -2.56. The van der Waals surface area contributed by atoms with Gasteiger partial charge in [0.2, 0.25) is 5.88 Å². The van der Waals surface area contributed by atoms with E-state index in [4.69, 9.17) is 19.6 Å². The Balaban J connectivity index is 1.51. The van der Waals surface area contributed by atoms with Crippen LogP contribution in [0.25, 0.3) is 0 Å². The maximum atomic E-state index is 8.88. The van der Waals surface area contributed by atoms with Crippen LogP contribution < -0.4 is 15.0 Å². The molecule has 2 aliphatic rings. The van der Waals surface area contributed by atoms with Crippen LogP contribution in [0.2, 0.25) is 0 Å². The molecular weight excluding hydrogens is 378 g/mol. The van der Waals surface area contributed by atoms with Crippen molar-refractivity contribution in [2.24, 2.45) is 4.99 Å². The Labute approximate surface area is 175 Å². The third-order valence-electron chi connectivity index (χ3n) is 5.47. The van der Waals surface area contributed by atoms with Gasteiger partial charge in [-0.2, -0.15) is 0 Å². The Hall–Kier alpha value is -3.74. The van der Waals surface area contributed by atoms with Gasteiger partial charge in [-0.1, -0.05) is 30.3 Å². The predicted octanol–water partition coefficient (Wildman–Crippen LogP) is 3.79. The van der Waals surface area contributed by atoms with E-state index in [0.29, 0.717) is 11.7 Å². The summed E-state index contributed by atoms with van der Waals surface area (Å²) in [7, 11) is 1.65. The Bertz CT molecular complexity index is 1070. The van der Waals surface area contributed by atoms with Crippen molar-refractivity contribution < 1.29 is 9.15 Å². The minimum atomic E-state index is -0.337. The number of aliphatic imine (C=N–C) groups is 1. The average Bonchev–Trinajstić information content (AvgIpc) is 3.44. The second-order valence-electron chi connectivity index (χ2n) is 7.27. The van der Waals surface area contributed by atoms with Crippen molar-refractivity contribution in [1.82, 2.24) is 4.90 Å². The van der Waals surface area contributed by atoms with E-state index in [1.165, 1.54) is 5.56 Å². The summed E-state index contributed by atoms with van der Waals surface area (Å²) in [5.74, 6) is 2.66. The van der Waals surface area contributed by atoms with E-state index >= 15 is 0 Å². The molecule has 2 N–H and O–H groups in total. The summed E-state index contributed by atoms with van der Waals surface area (Å²) in [6.07, 6.45) is 1.27. The average molecular weight is 401 g/mol. The quantitative estimate of drug-likeness (QED) is 0.680. The highest BCUT2D eigenvalue weighted by Crippen LogP contribution is 2.33. The van der Waals surface area contributed by atoms with Crippen molar-refractivity contribution in [3.05, 3.63) is 78.1 Å². The molecule has 2 aromatic carbocycles. The number of hydrogen-bond donors (Lipinski definition) is 2. The summed E-state index contributed by atoms with van der Waals surface area (Å²) < 4.78 is 10.9. The first kappa shape index (κ1) is 18.3. The van der Waals surface area contributed by atoms with Crippen molar-refractivity contribution in [1.29, 1.82) is 5.41 Å². The number of amidine groups is 2. The van der Waals surface area contributed by atoms with E-state index in [1.54, 1.807) is 13.4 Å². The summed E-state index contributed by atoms with van der Waals surface area (Å²) in [4.78, 5) is 9.04. The zero-order valence-electron chi connectivity index (χ0n) is 16.7. The van der Waals surface area contributed by atoms with Gasteiger partial charge in [0.1, 0.15) is 17.4 Å². The molecule has 7 nitrogen and oxygen atoms in total. The number of furan rings is 1. The summed E-state index contributed by atoms with van der Waals surface area (Å²) in [6.45, 7) is 2.35. The number of nitrogens with one attached hydrogen (secondary N) is 2. The van der Waals surface area contributed by atoms with Crippen LogP contribution in [0.3, 0.4) is 0 Å². The number of rotatable bonds is 5. The first-order chi connectivity index (χ1) is 14.7. The molecule has 0 aliphatic carbocycles. The number of nitrogens with zero attached hydrogens (tertiary/aromatic N) is 3. The SMILES string of the molecule is COc1ccc(N2C(=N)c3ccoc3NC2C2=NCCN2Cc2ccccc2)cc1. The van der Waals surface area contributed by atoms with Crippen LogP contribution in [0, 0.1) is 5.41 Å². The van der Waals surface area contributed by atoms with E-state index < -0.39 is 0 Å². The summed E-state index contributed by atoms with van der Waals surface area (Å²) in [6, 6.07) is 19.9. The van der Waals surface area contributed by atoms with Crippen LogP contribution in [0.4, 0.5) is 11.6 Å². The molecule has 0 fully saturated rings. The Morgan fingerprint density at radius 3 is 2.70 bits per heavy atom. The molecule has 3 heterocycles. The lowest BCUT2D eigenvalue weighted by molar-refractivity contribution is 0.415. The number of methoxy groups -OCH3 is 1. The van der Waals surface area contributed by atoms with Gasteiger partial charge in [-0.25, -0.2) is 0 Å². The number of ether oxygens (including phenoxy) is 1. The van der Waals surface area contributed by atoms with E-state index in [-0.39, 0.29) is 6.17 Å². The number of anilines is 2. The third-order valence-corrected chi connectivity index (χ3v) is 5.47. The molecule has 1 unspecified atom stereocenters. The molecule has 0 amide bonds. The Morgan fingerprint density at radius 2 is 1.93 bits per heavy atom. The van der Waals surface area contributed by atoms with Gasteiger partial charge in [-0.3, -0.25) is 15.3 Å². The van der Waals surface area contributed by atoms with Crippen LogP contribution in [-0.4, -0.2) is 42.9 Å². The van der Waals surface area contributed by atoms with Crippen molar-refractivity contribution in [2.75, 3.05) is 30.4 Å². The Kier molecular flexibility index (Phi) is 4.63. The lowest BCUT2D eigenvalue weighted by atomic mass is 10.1. The van der Waals surface area contributed by atoms with Crippen LogP contribution in [0.1, 0.15) is 11.1 Å². The minimum absolute atomic E-state index is 0.337. The fraction of sp³-hybridized carbons (Fsp3) is 0.217. The largest absolute Gasteiger partial charge is 0.497 e. The zero-order valence-corrected chi connectivity index (χ0v) is 16.7. The molecule has 0 spiro atoms. The lowest BCUT2D eigenvalue weighted by Gasteiger charge is -2.40. The zero-order chi connectivity index (χ0) is 20.5. The predicted molar refractivity (Wildman–Crippen MR) is 118 cm³/mol. The van der Waals surface area contributed by atoms with Crippen molar-refractivity contribution in [3.8, 4) is 5.75 Å². The molecule has 1 aromatic heterocycles. The highest BCUT2D eigenvalue weighted by atomic mass is 16.5. The molecule has 5 rings (SSSR count). The maximum Gasteiger partial charge on any atom is 0.205 e. The molecule has 0 bridgehead atoms. The Morgan fingerprint density at radius 1 is 1.13 bits per heavy atom. The highest BCUT2D eigenvalue weighted by molar-refractivity contribution is 6.17. The fourth-order valence-corrected chi connectivity index (χ4v) is 3.98. The number of benzene rings is 2. The molecule has 3 aromatic rings. The second-order valence-corrected chi connectivity index (χ2v) is 7.27. The highest BCUT2D eigenvalue weighted by Gasteiger charge is 2.38. The molecule has 0 radical (unpaired) electrons. The van der Waals surface area contributed by atoms with Gasteiger partial charge in [0.15, 0.2) is 6.17 Å². The molecule has 2 aliphatic heterocycles. The topological polar surface area (TPSA) is 77.1 Å². The summed E-state index contributed by atoms with van der Waals surface area (Å²) >= 11 is 0. The van der Waals surface area contributed by atoms with E-state index in [2.05, 4.69) is 34.5 Å². The van der Waals surface area contributed by atoms with E-state index in [1.807, 2.05) is 41.3 Å². The minimum Gasteiger partial charge on any atom is -0.497 e. The van der Waals surface area contributed by atoms with Crippen molar-refractivity contribution in [3.63, 3.8) is 0 Å². The number of hydrogen-bond acceptors (Lipinski definition) is 6. The monoisotopic (exact) mass is 401 g/mol. The van der Waals surface area contributed by atoms with Gasteiger partial charge in [-0.05, 0) is 35.9 Å². The standard InChI is InChI=1S/C23H23N5O2/c1-29-18-9-7-17(8-10-18)28-20(24)19-11-14-30-23(19)26-22(28)21-25-12-13-27(21)15-16-5-3-2-4-6-16/h2-11,14,22,24,26H,12-13,15H2,1H3. The van der Waals surface area contributed by atoms with Crippen LogP contribution in [0.5, 0.6) is 5.75 Å². The van der Waals surface area contributed by atoms with E-state index in [9.17, 15) is 0 Å². The molecular formula is C23H23N5O2. The van der Waals surface area contributed by atoms with Crippen molar-refractivity contribution in [2.45, 2.75) is 12.7 Å². The normalized spacial score (nSPS) is 18.1. The van der Waals surface area contributed by atoms with Crippen LogP contribution in [-0.2, 0) is 6.54 Å². The van der Waals surface area contributed by atoms with Gasteiger partial charge in [-0.15, -0.1) is 0 Å². The van der Waals surface area contributed by atoms with Gasteiger partial charge in [0.25, 0.3) is 0 Å². The van der Waals surface area contributed by atoms with Crippen LogP contribution >= 0.6 is 0 Å². The van der Waals surface area contributed by atoms with Gasteiger partial charge < -0.3 is 19.4 Å². The first-order valence-corrected chi connectivity index (χ1v) is 9.94.